The van der Waals surface area contributed by atoms with Crippen LogP contribution in [0.25, 0.3) is 0 Å². The molecule has 21 heavy (non-hydrogen) atoms. The Labute approximate surface area is 140 Å². The summed E-state index contributed by atoms with van der Waals surface area (Å²) in [6, 6.07) is 7.90. The van der Waals surface area contributed by atoms with Crippen molar-refractivity contribution in [1.82, 2.24) is 4.90 Å². The lowest BCUT2D eigenvalue weighted by Crippen LogP contribution is -2.43. The summed E-state index contributed by atoms with van der Waals surface area (Å²) in [6.45, 7) is 0.924. The molecule has 0 saturated heterocycles. The zero-order valence-corrected chi connectivity index (χ0v) is 14.7. The van der Waals surface area contributed by atoms with E-state index in [-0.39, 0.29) is 24.8 Å². The highest BCUT2D eigenvalue weighted by Crippen LogP contribution is 2.42. The second-order valence-corrected chi connectivity index (χ2v) is 5.86. The van der Waals surface area contributed by atoms with E-state index in [2.05, 4.69) is 19.0 Å². The molecule has 1 aliphatic carbocycles. The highest BCUT2D eigenvalue weighted by molar-refractivity contribution is 5.85. The molecule has 0 heterocycles. The van der Waals surface area contributed by atoms with Gasteiger partial charge in [-0.15, -0.1) is 24.8 Å². The molecule has 0 spiro atoms. The van der Waals surface area contributed by atoms with Crippen molar-refractivity contribution in [2.45, 2.75) is 31.3 Å². The molecule has 0 radical (unpaired) electrons. The lowest BCUT2D eigenvalue weighted by molar-refractivity contribution is -0.0619. The van der Waals surface area contributed by atoms with Gasteiger partial charge in [-0.2, -0.15) is 0 Å². The van der Waals surface area contributed by atoms with Crippen LogP contribution >= 0.6 is 24.8 Å². The average molecular weight is 336 g/mol. The Balaban J connectivity index is 0.00000200. The van der Waals surface area contributed by atoms with Crippen LogP contribution in [0.4, 0.5) is 0 Å². The molecule has 0 aromatic heterocycles. The number of rotatable bonds is 4. The molecule has 0 unspecified atom stereocenters. The first-order chi connectivity index (χ1) is 9.06. The van der Waals surface area contributed by atoms with Crippen LogP contribution in [-0.2, 0) is 5.60 Å². The molecule has 0 aliphatic heterocycles. The first-order valence-corrected chi connectivity index (χ1v) is 7.08. The number of nitrogens with zero attached hydrogens (tertiary/aromatic N) is 1. The number of ether oxygens (including phenoxy) is 1. The predicted octanol–water partition coefficient (Wildman–Crippen LogP) is 3.48. The van der Waals surface area contributed by atoms with Crippen LogP contribution in [0, 0.1) is 5.92 Å². The zero-order valence-electron chi connectivity index (χ0n) is 13.0. The minimum Gasteiger partial charge on any atom is -0.497 e. The molecule has 2 atom stereocenters. The molecule has 122 valence electrons. The molecule has 1 N–H and O–H groups in total. The molecule has 1 saturated carbocycles. The Bertz CT molecular complexity index is 428. The summed E-state index contributed by atoms with van der Waals surface area (Å²) in [5, 5.41) is 11.2. The fourth-order valence-electron chi connectivity index (χ4n) is 3.18. The van der Waals surface area contributed by atoms with E-state index in [9.17, 15) is 5.11 Å². The molecule has 2 rings (SSSR count). The summed E-state index contributed by atoms with van der Waals surface area (Å²) >= 11 is 0. The summed E-state index contributed by atoms with van der Waals surface area (Å²) < 4.78 is 5.29. The average Bonchev–Trinajstić information content (AvgIpc) is 2.41. The van der Waals surface area contributed by atoms with Crippen molar-refractivity contribution in [2.24, 2.45) is 5.92 Å². The van der Waals surface area contributed by atoms with Gasteiger partial charge in [0, 0.05) is 12.5 Å². The minimum absolute atomic E-state index is 0. The van der Waals surface area contributed by atoms with E-state index >= 15 is 0 Å². The summed E-state index contributed by atoms with van der Waals surface area (Å²) in [5.41, 5.74) is 0.287. The Kier molecular flexibility index (Phi) is 8.64. The quantitative estimate of drug-likeness (QED) is 0.914. The van der Waals surface area contributed by atoms with Crippen LogP contribution in [0.15, 0.2) is 24.3 Å². The first kappa shape index (κ1) is 20.5. The van der Waals surface area contributed by atoms with Crippen molar-refractivity contribution in [3.8, 4) is 5.75 Å². The summed E-state index contributed by atoms with van der Waals surface area (Å²) in [5.74, 6) is 1.11. The van der Waals surface area contributed by atoms with Crippen molar-refractivity contribution >= 4 is 24.8 Å². The molecule has 0 amide bonds. The fourth-order valence-corrected chi connectivity index (χ4v) is 3.18. The number of hydrogen-bond donors (Lipinski definition) is 1. The van der Waals surface area contributed by atoms with Crippen molar-refractivity contribution in [3.63, 3.8) is 0 Å². The van der Waals surface area contributed by atoms with Gasteiger partial charge in [-0.1, -0.05) is 25.0 Å². The van der Waals surface area contributed by atoms with E-state index in [4.69, 9.17) is 4.74 Å². The maximum Gasteiger partial charge on any atom is 0.119 e. The molecule has 1 aliphatic rings. The van der Waals surface area contributed by atoms with Crippen LogP contribution in [0.3, 0.4) is 0 Å². The van der Waals surface area contributed by atoms with Gasteiger partial charge < -0.3 is 14.7 Å². The fraction of sp³-hybridized carbons (Fsp3) is 0.625. The second kappa shape index (κ2) is 8.84. The van der Waals surface area contributed by atoms with E-state index in [0.717, 1.165) is 37.1 Å². The minimum atomic E-state index is -0.711. The molecule has 1 fully saturated rings. The maximum atomic E-state index is 11.2. The smallest absolute Gasteiger partial charge is 0.119 e. The third kappa shape index (κ3) is 4.75. The number of aliphatic hydroxyl groups is 1. The van der Waals surface area contributed by atoms with Crippen molar-refractivity contribution in [1.29, 1.82) is 0 Å². The molecular formula is C16H27Cl2NO2. The van der Waals surface area contributed by atoms with Gasteiger partial charge in [0.2, 0.25) is 0 Å². The highest BCUT2D eigenvalue weighted by atomic mass is 35.5. The van der Waals surface area contributed by atoms with Gasteiger partial charge in [0.05, 0.1) is 12.7 Å². The van der Waals surface area contributed by atoms with Crippen LogP contribution < -0.4 is 4.74 Å². The second-order valence-electron chi connectivity index (χ2n) is 5.86. The molecule has 3 nitrogen and oxygen atoms in total. The van der Waals surface area contributed by atoms with Gasteiger partial charge in [0.25, 0.3) is 0 Å². The van der Waals surface area contributed by atoms with E-state index in [0.29, 0.717) is 5.92 Å². The van der Waals surface area contributed by atoms with Crippen LogP contribution in [0.2, 0.25) is 0 Å². The Hall–Kier alpha value is -0.480. The van der Waals surface area contributed by atoms with E-state index in [1.54, 1.807) is 7.11 Å². The summed E-state index contributed by atoms with van der Waals surface area (Å²) in [7, 11) is 5.81. The predicted molar refractivity (Wildman–Crippen MR) is 91.9 cm³/mol. The summed E-state index contributed by atoms with van der Waals surface area (Å²) in [6.07, 6.45) is 4.24. The number of hydrogen-bond acceptors (Lipinski definition) is 3. The Morgan fingerprint density at radius 1 is 1.29 bits per heavy atom. The SMILES string of the molecule is COc1cccc([C@@]2(O)CCCC[C@@H]2CN(C)C)c1.Cl.Cl. The van der Waals surface area contributed by atoms with E-state index in [1.807, 2.05) is 24.3 Å². The van der Waals surface area contributed by atoms with Crippen molar-refractivity contribution in [2.75, 3.05) is 27.7 Å². The maximum absolute atomic E-state index is 11.2. The van der Waals surface area contributed by atoms with Crippen molar-refractivity contribution in [3.05, 3.63) is 29.8 Å². The van der Waals surface area contributed by atoms with E-state index < -0.39 is 5.60 Å². The highest BCUT2D eigenvalue weighted by Gasteiger charge is 2.40. The van der Waals surface area contributed by atoms with Crippen LogP contribution in [0.5, 0.6) is 5.75 Å². The Morgan fingerprint density at radius 3 is 2.62 bits per heavy atom. The molecule has 1 aromatic carbocycles. The third-order valence-corrected chi connectivity index (χ3v) is 4.19. The molecular weight excluding hydrogens is 309 g/mol. The van der Waals surface area contributed by atoms with Gasteiger partial charge in [-0.3, -0.25) is 0 Å². The molecule has 5 heteroatoms. The van der Waals surface area contributed by atoms with Gasteiger partial charge in [-0.05, 0) is 44.6 Å². The lowest BCUT2D eigenvalue weighted by Gasteiger charge is -2.41. The molecule has 0 bridgehead atoms. The monoisotopic (exact) mass is 335 g/mol. The number of methoxy groups -OCH3 is 1. The van der Waals surface area contributed by atoms with Crippen molar-refractivity contribution < 1.29 is 9.84 Å². The van der Waals surface area contributed by atoms with Crippen LogP contribution in [-0.4, -0.2) is 37.8 Å². The van der Waals surface area contributed by atoms with Gasteiger partial charge in [0.1, 0.15) is 5.75 Å². The first-order valence-electron chi connectivity index (χ1n) is 7.08. The van der Waals surface area contributed by atoms with Crippen LogP contribution in [0.1, 0.15) is 31.2 Å². The lowest BCUT2D eigenvalue weighted by atomic mass is 9.71. The molecule has 1 aromatic rings. The standard InChI is InChI=1S/C16H25NO2.2ClH/c1-17(2)12-14-7-4-5-10-16(14,18)13-8-6-9-15(11-13)19-3;;/h6,8-9,11,14,18H,4-5,7,10,12H2,1-3H3;2*1H/t14-,16+;;/m1../s1. The normalized spacial score (nSPS) is 24.9. The van der Waals surface area contributed by atoms with Gasteiger partial charge >= 0.3 is 0 Å². The number of benzene rings is 1. The number of halogens is 2. The zero-order chi connectivity index (χ0) is 13.9. The van der Waals surface area contributed by atoms with Gasteiger partial charge in [-0.25, -0.2) is 0 Å². The Morgan fingerprint density at radius 2 is 2.00 bits per heavy atom. The topological polar surface area (TPSA) is 32.7 Å². The third-order valence-electron chi connectivity index (χ3n) is 4.19. The largest absolute Gasteiger partial charge is 0.497 e. The van der Waals surface area contributed by atoms with Gasteiger partial charge in [0.15, 0.2) is 0 Å². The summed E-state index contributed by atoms with van der Waals surface area (Å²) in [4.78, 5) is 2.17. The van der Waals surface area contributed by atoms with E-state index in [1.165, 1.54) is 6.42 Å².